The van der Waals surface area contributed by atoms with E-state index in [1.807, 2.05) is 0 Å². The van der Waals surface area contributed by atoms with Gasteiger partial charge in [-0.25, -0.2) is 4.79 Å². The van der Waals surface area contributed by atoms with Gasteiger partial charge in [-0.2, -0.15) is 11.8 Å². The third-order valence-electron chi connectivity index (χ3n) is 9.84. The van der Waals surface area contributed by atoms with Crippen LogP contribution >= 0.6 is 11.8 Å². The number of aliphatic imine (C=N–C) groups is 1. The maximum atomic E-state index is 13.7. The second-order valence-corrected chi connectivity index (χ2v) is 16.7. The molecular formula is C38H67N13O13S. The summed E-state index contributed by atoms with van der Waals surface area (Å²) in [6, 6.07) is -8.79. The molecule has 65 heavy (non-hydrogen) atoms. The zero-order chi connectivity index (χ0) is 49.6. The molecule has 0 spiro atoms. The summed E-state index contributed by atoms with van der Waals surface area (Å²) in [6.07, 6.45) is 0.149. The summed E-state index contributed by atoms with van der Waals surface area (Å²) >= 11 is 1.40. The molecule has 368 valence electrons. The zero-order valence-electron chi connectivity index (χ0n) is 37.5. The molecular weight excluding hydrogens is 879 g/mol. The fourth-order valence-electron chi connectivity index (χ4n) is 6.09. The number of hydrogen-bond acceptors (Lipinski definition) is 15. The number of nitrogens with zero attached hydrogens (tertiary/aromatic N) is 2. The predicted molar refractivity (Wildman–Crippen MR) is 236 cm³/mol. The molecule has 27 heteroatoms. The fraction of sp³-hybridized carbons (Fsp3) is 0.711. The van der Waals surface area contributed by atoms with Crippen molar-refractivity contribution in [1.29, 1.82) is 0 Å². The molecule has 1 fully saturated rings. The summed E-state index contributed by atoms with van der Waals surface area (Å²) in [5, 5.41) is 48.4. The van der Waals surface area contributed by atoms with Crippen LogP contribution in [0.25, 0.3) is 0 Å². The Balaban J connectivity index is 2.85. The number of hydrogen-bond donors (Lipinski definition) is 14. The number of amides is 9. The van der Waals surface area contributed by atoms with Crippen LogP contribution in [0.15, 0.2) is 4.99 Å². The Kier molecular flexibility index (Phi) is 25.4. The van der Waals surface area contributed by atoms with Gasteiger partial charge in [-0.05, 0) is 70.8 Å². The molecule has 1 aliphatic rings. The second kappa shape index (κ2) is 28.9. The highest BCUT2D eigenvalue weighted by Crippen LogP contribution is 2.20. The van der Waals surface area contributed by atoms with Gasteiger partial charge in [0.25, 0.3) is 0 Å². The highest BCUT2D eigenvalue weighted by molar-refractivity contribution is 7.98. The maximum absolute atomic E-state index is 13.7. The minimum absolute atomic E-state index is 0.0114. The molecule has 1 heterocycles. The molecule has 0 aromatic rings. The first-order valence-electron chi connectivity index (χ1n) is 20.9. The average Bonchev–Trinajstić information content (AvgIpc) is 3.74. The van der Waals surface area contributed by atoms with Crippen LogP contribution in [0, 0.1) is 5.92 Å². The van der Waals surface area contributed by atoms with Gasteiger partial charge in [-0.1, -0.05) is 13.8 Å². The number of aliphatic carboxylic acids is 1. The number of rotatable bonds is 28. The van der Waals surface area contributed by atoms with Crippen LogP contribution in [-0.2, 0) is 47.9 Å². The summed E-state index contributed by atoms with van der Waals surface area (Å²) in [6.45, 7) is 5.36. The van der Waals surface area contributed by atoms with Gasteiger partial charge in [0, 0.05) is 13.1 Å². The number of carbonyl (C=O) groups is 10. The normalized spacial score (nSPS) is 17.0. The molecule has 0 aliphatic carbocycles. The van der Waals surface area contributed by atoms with Crippen LogP contribution in [0.5, 0.6) is 0 Å². The third kappa shape index (κ3) is 20.7. The topological polar surface area (TPSA) is 421 Å². The SMILES string of the molecule is CSCC[C@H](NC(=O)[C@H](C)NC(=O)CNC(=O)CNC(=O)CNC(=O)[C@@H](NC(=O)[C@@H](NC(=O)[C@H](CCCN=C(N)N)NC(=O)[C@@H]1CCCN1C(=O)[C@@H](N)[C@@H](C)O)C(C)C)[C@@H](C)O)C(=O)O. The number of aliphatic hydroxyl groups is 2. The second-order valence-electron chi connectivity index (χ2n) is 15.7. The van der Waals surface area contributed by atoms with Gasteiger partial charge in [0.15, 0.2) is 5.96 Å². The van der Waals surface area contributed by atoms with Crippen LogP contribution in [0.3, 0.4) is 0 Å². The highest BCUT2D eigenvalue weighted by atomic mass is 32.2. The van der Waals surface area contributed by atoms with E-state index >= 15 is 0 Å². The van der Waals surface area contributed by atoms with Crippen molar-refractivity contribution in [3.63, 3.8) is 0 Å². The zero-order valence-corrected chi connectivity index (χ0v) is 38.3. The number of carboxylic acid groups (broad SMARTS) is 1. The van der Waals surface area contributed by atoms with E-state index in [0.29, 0.717) is 12.2 Å². The van der Waals surface area contributed by atoms with Gasteiger partial charge >= 0.3 is 5.97 Å². The average molecular weight is 946 g/mol. The van der Waals surface area contributed by atoms with E-state index in [4.69, 9.17) is 17.2 Å². The minimum Gasteiger partial charge on any atom is -0.480 e. The summed E-state index contributed by atoms with van der Waals surface area (Å²) in [7, 11) is 0. The van der Waals surface area contributed by atoms with Gasteiger partial charge in [0.05, 0.1) is 31.8 Å². The molecule has 1 rings (SSSR count). The molecule has 1 aliphatic heterocycles. The van der Waals surface area contributed by atoms with E-state index in [2.05, 4.69) is 47.5 Å². The van der Waals surface area contributed by atoms with Gasteiger partial charge < -0.3 is 80.0 Å². The summed E-state index contributed by atoms with van der Waals surface area (Å²) in [4.78, 5) is 133. The number of likely N-dealkylation sites (tertiary alicyclic amines) is 1. The third-order valence-corrected chi connectivity index (χ3v) is 10.5. The summed E-state index contributed by atoms with van der Waals surface area (Å²) in [5.74, 6) is -8.83. The number of guanidine groups is 1. The Labute approximate surface area is 380 Å². The van der Waals surface area contributed by atoms with Crippen LogP contribution in [0.2, 0.25) is 0 Å². The van der Waals surface area contributed by atoms with Crippen LogP contribution in [-0.4, -0.2) is 185 Å². The van der Waals surface area contributed by atoms with Crippen molar-refractivity contribution in [2.24, 2.45) is 28.1 Å². The van der Waals surface area contributed by atoms with E-state index < -0.39 is 139 Å². The Morgan fingerprint density at radius 1 is 0.708 bits per heavy atom. The first-order valence-corrected chi connectivity index (χ1v) is 22.3. The number of carboxylic acids is 1. The lowest BCUT2D eigenvalue weighted by Gasteiger charge is -2.30. The molecule has 9 amide bonds. The van der Waals surface area contributed by atoms with Crippen molar-refractivity contribution in [3.8, 4) is 0 Å². The first-order chi connectivity index (χ1) is 30.4. The van der Waals surface area contributed by atoms with Gasteiger partial charge in [-0.15, -0.1) is 0 Å². The van der Waals surface area contributed by atoms with Gasteiger partial charge in [0.1, 0.15) is 42.3 Å². The molecule has 26 nitrogen and oxygen atoms in total. The molecule has 0 saturated carbocycles. The van der Waals surface area contributed by atoms with E-state index in [-0.39, 0.29) is 44.7 Å². The molecule has 0 radical (unpaired) electrons. The van der Waals surface area contributed by atoms with E-state index in [0.717, 1.165) is 0 Å². The Bertz CT molecular complexity index is 1710. The van der Waals surface area contributed by atoms with Crippen molar-refractivity contribution in [3.05, 3.63) is 0 Å². The number of aliphatic hydroxyl groups excluding tert-OH is 2. The van der Waals surface area contributed by atoms with Crippen molar-refractivity contribution >= 4 is 76.9 Å². The number of carbonyl (C=O) groups excluding carboxylic acids is 9. The molecule has 17 N–H and O–H groups in total. The van der Waals surface area contributed by atoms with Crippen molar-refractivity contribution in [1.82, 2.24) is 47.4 Å². The summed E-state index contributed by atoms with van der Waals surface area (Å²) in [5.41, 5.74) is 16.7. The Morgan fingerprint density at radius 2 is 1.29 bits per heavy atom. The van der Waals surface area contributed by atoms with Crippen LogP contribution in [0.1, 0.15) is 66.7 Å². The standard InChI is InChI=1S/C38H67N13O13S/c1-18(2)29(49-32(58)22(9-7-12-42-38(40)41)47-33(59)24-10-8-13-51(24)36(62)28(39)20(4)52)35(61)50-30(21(5)53)34(60)45-16-26(55)43-15-25(54)44-17-27(56)46-19(3)31(57)48-23(37(63)64)11-14-65-6/h18-24,28-30,52-53H,7-17,39H2,1-6H3,(H,43,55)(H,44,54)(H,45,60)(H,46,56)(H,47,59)(H,48,57)(H,49,58)(H,50,61)(H,63,64)(H4,40,41,42)/t19-,20+,21+,22-,23-,24-,28-,29-,30-/m0/s1. The van der Waals surface area contributed by atoms with Gasteiger partial charge in [0.2, 0.25) is 53.2 Å². The van der Waals surface area contributed by atoms with E-state index in [1.54, 1.807) is 20.1 Å². The monoisotopic (exact) mass is 945 g/mol. The molecule has 0 unspecified atom stereocenters. The minimum atomic E-state index is -1.64. The lowest BCUT2D eigenvalue weighted by atomic mass is 10.0. The van der Waals surface area contributed by atoms with Crippen LogP contribution in [0.4, 0.5) is 0 Å². The Hall–Kier alpha value is -5.80. The number of thioether (sulfide) groups is 1. The number of nitrogens with two attached hydrogens (primary N) is 3. The smallest absolute Gasteiger partial charge is 0.326 e. The molecule has 0 aromatic heterocycles. The van der Waals surface area contributed by atoms with Crippen LogP contribution < -0.4 is 59.7 Å². The van der Waals surface area contributed by atoms with Crippen molar-refractivity contribution < 1.29 is 63.3 Å². The highest BCUT2D eigenvalue weighted by Gasteiger charge is 2.39. The molecule has 0 bridgehead atoms. The largest absolute Gasteiger partial charge is 0.480 e. The predicted octanol–water partition coefficient (Wildman–Crippen LogP) is -6.59. The molecule has 1 saturated heterocycles. The lowest BCUT2D eigenvalue weighted by molar-refractivity contribution is -0.142. The maximum Gasteiger partial charge on any atom is 0.326 e. The van der Waals surface area contributed by atoms with E-state index in [1.165, 1.54) is 37.4 Å². The molecule has 0 aromatic carbocycles. The van der Waals surface area contributed by atoms with Gasteiger partial charge in [-0.3, -0.25) is 48.1 Å². The quantitative estimate of drug-likeness (QED) is 0.0197. The van der Waals surface area contributed by atoms with Crippen molar-refractivity contribution in [2.75, 3.05) is 44.7 Å². The fourth-order valence-corrected chi connectivity index (χ4v) is 6.56. The molecule has 9 atom stereocenters. The lowest BCUT2D eigenvalue weighted by Crippen LogP contribution is -2.61. The van der Waals surface area contributed by atoms with Crippen molar-refractivity contribution in [2.45, 2.75) is 121 Å². The summed E-state index contributed by atoms with van der Waals surface area (Å²) < 4.78 is 0. The number of nitrogens with one attached hydrogen (secondary N) is 8. The van der Waals surface area contributed by atoms with E-state index in [9.17, 15) is 63.3 Å². The first kappa shape index (κ1) is 57.2. The Morgan fingerprint density at radius 3 is 1.83 bits per heavy atom.